The Morgan fingerprint density at radius 1 is 1.14 bits per heavy atom. The largest absolute Gasteiger partial charge is 0.308 e. The highest BCUT2D eigenvalue weighted by molar-refractivity contribution is 7.18. The molecule has 0 bridgehead atoms. The molecule has 2 aromatic heterocycles. The second-order valence-electron chi connectivity index (χ2n) is 5.05. The van der Waals surface area contributed by atoms with Crippen LogP contribution >= 0.6 is 11.3 Å². The van der Waals surface area contributed by atoms with Crippen molar-refractivity contribution in [2.75, 3.05) is 5.43 Å². The molecular weight excluding hydrogens is 280 g/mol. The quantitative estimate of drug-likeness (QED) is 0.570. The summed E-state index contributed by atoms with van der Waals surface area (Å²) in [6.07, 6.45) is 1.03. The van der Waals surface area contributed by atoms with Gasteiger partial charge >= 0.3 is 0 Å². The van der Waals surface area contributed by atoms with E-state index in [2.05, 4.69) is 55.4 Å². The van der Waals surface area contributed by atoms with Gasteiger partial charge in [0, 0.05) is 10.4 Å². The molecule has 0 saturated carbocycles. The van der Waals surface area contributed by atoms with E-state index in [0.29, 0.717) is 11.6 Å². The van der Waals surface area contributed by atoms with Gasteiger partial charge in [-0.05, 0) is 31.4 Å². The highest BCUT2D eigenvalue weighted by Gasteiger charge is 2.14. The lowest BCUT2D eigenvalue weighted by atomic mass is 10.1. The molecule has 5 heteroatoms. The minimum absolute atomic E-state index is 0.691. The number of nitrogens with two attached hydrogens (primary N) is 1. The van der Waals surface area contributed by atoms with Gasteiger partial charge in [0.2, 0.25) is 0 Å². The maximum absolute atomic E-state index is 5.65. The molecule has 0 unspecified atom stereocenters. The monoisotopic (exact) mass is 298 g/mol. The lowest BCUT2D eigenvalue weighted by Gasteiger charge is -2.07. The van der Waals surface area contributed by atoms with Crippen molar-refractivity contribution in [2.24, 2.45) is 5.84 Å². The zero-order valence-corrected chi connectivity index (χ0v) is 13.2. The predicted molar refractivity (Wildman–Crippen MR) is 89.5 cm³/mol. The summed E-state index contributed by atoms with van der Waals surface area (Å²) in [5, 5.41) is 1.02. The number of anilines is 1. The van der Waals surface area contributed by atoms with E-state index in [9.17, 15) is 0 Å². The van der Waals surface area contributed by atoms with Crippen molar-refractivity contribution in [2.45, 2.75) is 27.2 Å². The molecule has 21 heavy (non-hydrogen) atoms. The third-order valence-electron chi connectivity index (χ3n) is 3.79. The number of nitrogens with one attached hydrogen (secondary N) is 1. The van der Waals surface area contributed by atoms with E-state index >= 15 is 0 Å². The number of nitrogens with zero attached hydrogens (tertiary/aromatic N) is 2. The molecular formula is C16H18N4S. The molecule has 108 valence electrons. The van der Waals surface area contributed by atoms with Gasteiger partial charge < -0.3 is 5.43 Å². The van der Waals surface area contributed by atoms with Crippen LogP contribution in [0.1, 0.15) is 22.9 Å². The molecule has 0 spiro atoms. The van der Waals surface area contributed by atoms with Crippen LogP contribution in [0.4, 0.5) is 5.82 Å². The van der Waals surface area contributed by atoms with Gasteiger partial charge in [-0.15, -0.1) is 11.3 Å². The van der Waals surface area contributed by atoms with Crippen molar-refractivity contribution < 1.29 is 0 Å². The minimum Gasteiger partial charge on any atom is -0.308 e. The lowest BCUT2D eigenvalue weighted by Crippen LogP contribution is -2.10. The molecule has 3 rings (SSSR count). The Labute approximate surface area is 128 Å². The topological polar surface area (TPSA) is 63.8 Å². The average Bonchev–Trinajstić information content (AvgIpc) is 2.81. The summed E-state index contributed by atoms with van der Waals surface area (Å²) in [5.74, 6) is 7.05. The maximum atomic E-state index is 5.65. The van der Waals surface area contributed by atoms with E-state index in [1.807, 2.05) is 0 Å². The van der Waals surface area contributed by atoms with Crippen LogP contribution in [0, 0.1) is 13.8 Å². The maximum Gasteiger partial charge on any atom is 0.163 e. The highest BCUT2D eigenvalue weighted by atomic mass is 32.1. The van der Waals surface area contributed by atoms with Crippen molar-refractivity contribution in [3.05, 3.63) is 40.3 Å². The van der Waals surface area contributed by atoms with Gasteiger partial charge in [0.1, 0.15) is 4.83 Å². The Bertz CT molecular complexity index is 790. The van der Waals surface area contributed by atoms with Gasteiger partial charge in [0.05, 0.1) is 5.39 Å². The van der Waals surface area contributed by atoms with Crippen LogP contribution in [0.2, 0.25) is 0 Å². The first-order chi connectivity index (χ1) is 10.1. The SMILES string of the molecule is CCc1ccc(-c2nc(NN)c3c(C)c(C)sc3n2)cc1. The van der Waals surface area contributed by atoms with Crippen molar-refractivity contribution in [3.63, 3.8) is 0 Å². The molecule has 0 saturated heterocycles. The smallest absolute Gasteiger partial charge is 0.163 e. The molecule has 0 aliphatic rings. The summed E-state index contributed by atoms with van der Waals surface area (Å²) < 4.78 is 0. The zero-order chi connectivity index (χ0) is 15.0. The van der Waals surface area contributed by atoms with E-state index in [-0.39, 0.29) is 0 Å². The number of hydrogen-bond donors (Lipinski definition) is 2. The number of hydrogen-bond acceptors (Lipinski definition) is 5. The number of fused-ring (bicyclic) bond motifs is 1. The molecule has 0 radical (unpaired) electrons. The van der Waals surface area contributed by atoms with Crippen LogP contribution in [0.3, 0.4) is 0 Å². The van der Waals surface area contributed by atoms with Gasteiger partial charge in [-0.2, -0.15) is 0 Å². The standard InChI is InChI=1S/C16H18N4S/c1-4-11-5-7-12(8-6-11)14-18-15(20-17)13-9(2)10(3)21-16(13)19-14/h5-8H,4,17H2,1-3H3,(H,18,19,20). The highest BCUT2D eigenvalue weighted by Crippen LogP contribution is 2.34. The Morgan fingerprint density at radius 2 is 1.86 bits per heavy atom. The van der Waals surface area contributed by atoms with E-state index in [0.717, 1.165) is 22.2 Å². The van der Waals surface area contributed by atoms with Crippen LogP contribution in [-0.2, 0) is 6.42 Å². The zero-order valence-electron chi connectivity index (χ0n) is 12.4. The Balaban J connectivity index is 2.18. The molecule has 0 amide bonds. The Hall–Kier alpha value is -1.98. The summed E-state index contributed by atoms with van der Waals surface area (Å²) in [6, 6.07) is 8.36. The number of nitrogen functional groups attached to an aromatic ring is 1. The van der Waals surface area contributed by atoms with Crippen molar-refractivity contribution in [3.8, 4) is 11.4 Å². The summed E-state index contributed by atoms with van der Waals surface area (Å²) >= 11 is 1.68. The second-order valence-corrected chi connectivity index (χ2v) is 6.26. The van der Waals surface area contributed by atoms with Crippen molar-refractivity contribution in [1.82, 2.24) is 9.97 Å². The normalized spacial score (nSPS) is 11.0. The molecule has 0 aliphatic heterocycles. The van der Waals surface area contributed by atoms with Crippen molar-refractivity contribution in [1.29, 1.82) is 0 Å². The molecule has 0 fully saturated rings. The van der Waals surface area contributed by atoms with Crippen LogP contribution in [0.15, 0.2) is 24.3 Å². The lowest BCUT2D eigenvalue weighted by molar-refractivity contribution is 1.14. The molecule has 3 aromatic rings. The Kier molecular flexibility index (Phi) is 3.61. The van der Waals surface area contributed by atoms with Gasteiger partial charge in [-0.3, -0.25) is 0 Å². The minimum atomic E-state index is 0.691. The first-order valence-corrected chi connectivity index (χ1v) is 7.79. The molecule has 0 aliphatic carbocycles. The fraction of sp³-hybridized carbons (Fsp3) is 0.250. The molecule has 3 N–H and O–H groups in total. The van der Waals surface area contributed by atoms with Gasteiger partial charge in [0.15, 0.2) is 11.6 Å². The molecule has 2 heterocycles. The van der Waals surface area contributed by atoms with Gasteiger partial charge in [-0.25, -0.2) is 15.8 Å². The summed E-state index contributed by atoms with van der Waals surface area (Å²) in [6.45, 7) is 6.32. The number of thiophene rings is 1. The second kappa shape index (κ2) is 5.42. The van der Waals surface area contributed by atoms with Gasteiger partial charge in [0.25, 0.3) is 0 Å². The number of aromatic nitrogens is 2. The summed E-state index contributed by atoms with van der Waals surface area (Å²) in [5.41, 5.74) is 6.22. The van der Waals surface area contributed by atoms with E-state index in [1.54, 1.807) is 11.3 Å². The summed E-state index contributed by atoms with van der Waals surface area (Å²) in [4.78, 5) is 11.5. The van der Waals surface area contributed by atoms with E-state index in [4.69, 9.17) is 10.8 Å². The van der Waals surface area contributed by atoms with E-state index in [1.165, 1.54) is 16.0 Å². The number of benzene rings is 1. The van der Waals surface area contributed by atoms with E-state index < -0.39 is 0 Å². The van der Waals surface area contributed by atoms with Crippen LogP contribution in [-0.4, -0.2) is 9.97 Å². The van der Waals surface area contributed by atoms with Crippen molar-refractivity contribution >= 4 is 27.4 Å². The third kappa shape index (κ3) is 2.39. The molecule has 1 aromatic carbocycles. The fourth-order valence-electron chi connectivity index (χ4n) is 2.37. The van der Waals surface area contributed by atoms with Crippen LogP contribution in [0.5, 0.6) is 0 Å². The van der Waals surface area contributed by atoms with Gasteiger partial charge in [-0.1, -0.05) is 31.2 Å². The molecule has 4 nitrogen and oxygen atoms in total. The summed E-state index contributed by atoms with van der Waals surface area (Å²) in [7, 11) is 0. The number of rotatable bonds is 3. The average molecular weight is 298 g/mol. The van der Waals surface area contributed by atoms with Crippen LogP contribution in [0.25, 0.3) is 21.6 Å². The fourth-order valence-corrected chi connectivity index (χ4v) is 3.40. The number of hydrazine groups is 1. The number of aryl methyl sites for hydroxylation is 3. The first kappa shape index (κ1) is 14.0. The Morgan fingerprint density at radius 3 is 2.48 bits per heavy atom. The van der Waals surface area contributed by atoms with Crippen LogP contribution < -0.4 is 11.3 Å². The third-order valence-corrected chi connectivity index (χ3v) is 4.89. The predicted octanol–water partition coefficient (Wildman–Crippen LogP) is 3.82. The molecule has 0 atom stereocenters. The first-order valence-electron chi connectivity index (χ1n) is 6.97.